The molecule has 0 aliphatic heterocycles. The van der Waals surface area contributed by atoms with Gasteiger partial charge in [0.05, 0.1) is 6.61 Å². The minimum absolute atomic E-state index is 0.226. The molecule has 6 nitrogen and oxygen atoms in total. The maximum absolute atomic E-state index is 13.5. The molecule has 0 radical (unpaired) electrons. The maximum atomic E-state index is 13.5. The zero-order valence-electron chi connectivity index (χ0n) is 38.9. The summed E-state index contributed by atoms with van der Waals surface area (Å²) in [5.41, 5.74) is 0. The highest BCUT2D eigenvalue weighted by Gasteiger charge is 2.34. The Morgan fingerprint density at radius 3 is 1.19 bits per heavy atom. The van der Waals surface area contributed by atoms with E-state index in [1.807, 2.05) is 0 Å². The Morgan fingerprint density at radius 2 is 0.746 bits per heavy atom. The second-order valence-electron chi connectivity index (χ2n) is 16.8. The predicted molar refractivity (Wildman–Crippen MR) is 252 cm³/mol. The molecule has 2 atom stereocenters. The van der Waals surface area contributed by atoms with Crippen LogP contribution in [0.1, 0.15) is 252 Å². The van der Waals surface area contributed by atoms with Gasteiger partial charge in [-0.25, -0.2) is 0 Å². The highest BCUT2D eigenvalue weighted by Crippen LogP contribution is 2.18. The standard InChI is InChI=1S/C53H94O6/c1-4-7-10-13-16-19-22-25-26-29-30-33-36-39-42-45-49(55)53(59-52(57)47-44-41-38-35-32-28-24-21-18-15-12-9-6-3)50(48-54)58-51(56)46-43-40-37-34-31-27-23-20-17-14-11-8-5-2/h7,10,16,19-20,23,25-26,50,53-54H,4-6,8-9,11-15,17-18,21-22,24,27-48H2,1-3H3. The molecule has 0 aliphatic carbocycles. The molecule has 59 heavy (non-hydrogen) atoms. The zero-order valence-corrected chi connectivity index (χ0v) is 38.9. The van der Waals surface area contributed by atoms with Crippen molar-refractivity contribution in [1.82, 2.24) is 0 Å². The van der Waals surface area contributed by atoms with Gasteiger partial charge in [0, 0.05) is 19.3 Å². The third-order valence-electron chi connectivity index (χ3n) is 11.1. The average molecular weight is 827 g/mol. The number of ether oxygens (including phenoxy) is 2. The summed E-state index contributed by atoms with van der Waals surface area (Å²) in [5.74, 6) is -1.18. The molecule has 1 N–H and O–H groups in total. The molecule has 2 unspecified atom stereocenters. The lowest BCUT2D eigenvalue weighted by Gasteiger charge is -2.25. The number of rotatable bonds is 45. The fourth-order valence-corrected chi connectivity index (χ4v) is 7.31. The average Bonchev–Trinajstić information content (AvgIpc) is 3.23. The molecular weight excluding hydrogens is 733 g/mol. The van der Waals surface area contributed by atoms with Crippen molar-refractivity contribution in [2.24, 2.45) is 0 Å². The van der Waals surface area contributed by atoms with Crippen LogP contribution in [-0.2, 0) is 23.9 Å². The summed E-state index contributed by atoms with van der Waals surface area (Å²) >= 11 is 0. The molecule has 342 valence electrons. The van der Waals surface area contributed by atoms with E-state index in [1.165, 1.54) is 96.3 Å². The van der Waals surface area contributed by atoms with Gasteiger partial charge >= 0.3 is 11.9 Å². The summed E-state index contributed by atoms with van der Waals surface area (Å²) < 4.78 is 11.4. The van der Waals surface area contributed by atoms with E-state index in [-0.39, 0.29) is 25.0 Å². The van der Waals surface area contributed by atoms with E-state index in [2.05, 4.69) is 69.4 Å². The Bertz CT molecular complexity index is 1060. The summed E-state index contributed by atoms with van der Waals surface area (Å²) in [6.45, 7) is 6.09. The summed E-state index contributed by atoms with van der Waals surface area (Å²) in [6.07, 6.45) is 53.4. The van der Waals surface area contributed by atoms with Crippen molar-refractivity contribution in [3.05, 3.63) is 48.6 Å². The highest BCUT2D eigenvalue weighted by atomic mass is 16.6. The number of hydrogen-bond acceptors (Lipinski definition) is 6. The Balaban J connectivity index is 4.69. The summed E-state index contributed by atoms with van der Waals surface area (Å²) in [5, 5.41) is 10.3. The van der Waals surface area contributed by atoms with E-state index in [9.17, 15) is 19.5 Å². The Labute approximate surface area is 364 Å². The van der Waals surface area contributed by atoms with Gasteiger partial charge in [-0.1, -0.05) is 204 Å². The SMILES string of the molecule is CCC=CCC=CCC=CCCCCCCCC(=O)C(OC(=O)CCCCCCCCCCCCCCC)C(CO)OC(=O)CCCCCCCC=CCCCCCC. The van der Waals surface area contributed by atoms with Crippen LogP contribution in [0.2, 0.25) is 0 Å². The molecule has 0 aromatic carbocycles. The molecule has 0 amide bonds. The van der Waals surface area contributed by atoms with Crippen LogP contribution < -0.4 is 0 Å². The first kappa shape index (κ1) is 56.5. The number of hydrogen-bond donors (Lipinski definition) is 1. The van der Waals surface area contributed by atoms with Gasteiger partial charge in [0.15, 0.2) is 18.0 Å². The van der Waals surface area contributed by atoms with E-state index in [0.717, 1.165) is 96.3 Å². The first-order valence-corrected chi connectivity index (χ1v) is 25.1. The lowest BCUT2D eigenvalue weighted by atomic mass is 10.0. The predicted octanol–water partition coefficient (Wildman–Crippen LogP) is 15.7. The lowest BCUT2D eigenvalue weighted by molar-refractivity contribution is -0.175. The van der Waals surface area contributed by atoms with Gasteiger partial charge in [-0.3, -0.25) is 14.4 Å². The quantitative estimate of drug-likeness (QED) is 0.0374. The van der Waals surface area contributed by atoms with E-state index >= 15 is 0 Å². The van der Waals surface area contributed by atoms with E-state index < -0.39 is 30.8 Å². The Morgan fingerprint density at radius 1 is 0.407 bits per heavy atom. The number of aliphatic hydroxyl groups excluding tert-OH is 1. The van der Waals surface area contributed by atoms with Crippen LogP contribution in [0.15, 0.2) is 48.6 Å². The van der Waals surface area contributed by atoms with Crippen molar-refractivity contribution in [3.8, 4) is 0 Å². The van der Waals surface area contributed by atoms with Gasteiger partial charge in [0.25, 0.3) is 0 Å². The number of aliphatic hydroxyl groups is 1. The second-order valence-corrected chi connectivity index (χ2v) is 16.8. The first-order chi connectivity index (χ1) is 29.0. The number of Topliss-reactive ketones (excluding diaryl/α,β-unsaturated/α-hetero) is 1. The van der Waals surface area contributed by atoms with E-state index in [0.29, 0.717) is 19.3 Å². The molecule has 0 aromatic rings. The second kappa shape index (κ2) is 46.6. The number of allylic oxidation sites excluding steroid dienone is 8. The van der Waals surface area contributed by atoms with Crippen LogP contribution in [0.5, 0.6) is 0 Å². The minimum atomic E-state index is -1.26. The monoisotopic (exact) mass is 827 g/mol. The summed E-state index contributed by atoms with van der Waals surface area (Å²) in [4.78, 5) is 39.3. The van der Waals surface area contributed by atoms with Gasteiger partial charge < -0.3 is 14.6 Å². The summed E-state index contributed by atoms with van der Waals surface area (Å²) in [7, 11) is 0. The first-order valence-electron chi connectivity index (χ1n) is 25.1. The molecule has 0 spiro atoms. The molecule has 0 aromatic heterocycles. The molecule has 0 saturated carbocycles. The largest absolute Gasteiger partial charge is 0.455 e. The Hall–Kier alpha value is -2.47. The minimum Gasteiger partial charge on any atom is -0.455 e. The summed E-state index contributed by atoms with van der Waals surface area (Å²) in [6, 6.07) is 0. The fraction of sp³-hybridized carbons (Fsp3) is 0.792. The van der Waals surface area contributed by atoms with Gasteiger partial charge in [-0.15, -0.1) is 0 Å². The van der Waals surface area contributed by atoms with Gasteiger partial charge in [-0.2, -0.15) is 0 Å². The third-order valence-corrected chi connectivity index (χ3v) is 11.1. The van der Waals surface area contributed by atoms with Gasteiger partial charge in [-0.05, 0) is 77.0 Å². The molecule has 0 aliphatic rings. The molecule has 0 bridgehead atoms. The maximum Gasteiger partial charge on any atom is 0.306 e. The van der Waals surface area contributed by atoms with E-state index in [4.69, 9.17) is 9.47 Å². The van der Waals surface area contributed by atoms with Crippen LogP contribution in [-0.4, -0.2) is 41.6 Å². The highest BCUT2D eigenvalue weighted by molar-refractivity contribution is 5.86. The van der Waals surface area contributed by atoms with Gasteiger partial charge in [0.2, 0.25) is 0 Å². The molecule has 0 saturated heterocycles. The van der Waals surface area contributed by atoms with Crippen LogP contribution in [0.3, 0.4) is 0 Å². The van der Waals surface area contributed by atoms with Gasteiger partial charge in [0.1, 0.15) is 0 Å². The third kappa shape index (κ3) is 40.7. The van der Waals surface area contributed by atoms with Crippen LogP contribution in [0.4, 0.5) is 0 Å². The van der Waals surface area contributed by atoms with Crippen LogP contribution in [0.25, 0.3) is 0 Å². The molecule has 6 heteroatoms. The molecule has 0 rings (SSSR count). The zero-order chi connectivity index (χ0) is 43.1. The van der Waals surface area contributed by atoms with Crippen molar-refractivity contribution >= 4 is 17.7 Å². The fourth-order valence-electron chi connectivity index (χ4n) is 7.31. The van der Waals surface area contributed by atoms with Crippen molar-refractivity contribution in [3.63, 3.8) is 0 Å². The number of unbranched alkanes of at least 4 members (excludes halogenated alkanes) is 26. The topological polar surface area (TPSA) is 89.9 Å². The van der Waals surface area contributed by atoms with Crippen molar-refractivity contribution in [2.75, 3.05) is 6.61 Å². The molecular formula is C53H94O6. The number of carbonyl (C=O) groups is 3. The normalized spacial score (nSPS) is 13.0. The molecule has 0 fully saturated rings. The number of carbonyl (C=O) groups excluding carboxylic acids is 3. The number of ketones is 1. The number of esters is 2. The lowest BCUT2D eigenvalue weighted by Crippen LogP contribution is -2.43. The van der Waals surface area contributed by atoms with Crippen molar-refractivity contribution in [2.45, 2.75) is 264 Å². The van der Waals surface area contributed by atoms with Crippen molar-refractivity contribution in [1.29, 1.82) is 0 Å². The molecule has 0 heterocycles. The smallest absolute Gasteiger partial charge is 0.306 e. The van der Waals surface area contributed by atoms with E-state index in [1.54, 1.807) is 0 Å². The van der Waals surface area contributed by atoms with Crippen molar-refractivity contribution < 1.29 is 29.0 Å². The van der Waals surface area contributed by atoms with Crippen LogP contribution in [0, 0.1) is 0 Å². The Kier molecular flexibility index (Phi) is 44.6. The van der Waals surface area contributed by atoms with Crippen LogP contribution >= 0.6 is 0 Å².